The number of hydrogen-bond donors (Lipinski definition) is 0. The van der Waals surface area contributed by atoms with Crippen LogP contribution in [-0.4, -0.2) is 41.8 Å². The second-order valence-corrected chi connectivity index (χ2v) is 4.70. The van der Waals surface area contributed by atoms with Crippen molar-refractivity contribution >= 4 is 35.1 Å². The number of nitro groups is 2. The molecular formula is C11H10N2O8S. The van der Waals surface area contributed by atoms with Crippen molar-refractivity contribution in [1.29, 1.82) is 0 Å². The van der Waals surface area contributed by atoms with Crippen LogP contribution >= 0.6 is 11.8 Å². The Hall–Kier alpha value is -2.69. The molecule has 0 saturated heterocycles. The number of carbonyl (C=O) groups is 2. The quantitative estimate of drug-likeness (QED) is 0.329. The third-order valence-electron chi connectivity index (χ3n) is 2.43. The fourth-order valence-corrected chi connectivity index (χ4v) is 2.40. The van der Waals surface area contributed by atoms with Gasteiger partial charge in [0.2, 0.25) is 0 Å². The van der Waals surface area contributed by atoms with Crippen molar-refractivity contribution in [2.75, 3.05) is 20.0 Å². The second-order valence-electron chi connectivity index (χ2n) is 3.71. The monoisotopic (exact) mass is 330 g/mol. The van der Waals surface area contributed by atoms with Crippen LogP contribution in [0.2, 0.25) is 0 Å². The number of non-ortho nitro benzene ring substituents is 1. The van der Waals surface area contributed by atoms with E-state index in [9.17, 15) is 29.8 Å². The zero-order valence-electron chi connectivity index (χ0n) is 11.4. The Labute approximate surface area is 127 Å². The average Bonchev–Trinajstić information content (AvgIpc) is 2.50. The Morgan fingerprint density at radius 1 is 1.14 bits per heavy atom. The van der Waals surface area contributed by atoms with E-state index >= 15 is 0 Å². The highest BCUT2D eigenvalue weighted by Gasteiger charge is 2.28. The van der Waals surface area contributed by atoms with E-state index in [4.69, 9.17) is 0 Å². The van der Waals surface area contributed by atoms with Crippen LogP contribution in [0.1, 0.15) is 10.4 Å². The lowest BCUT2D eigenvalue weighted by molar-refractivity contribution is -0.396. The molecule has 0 aliphatic carbocycles. The molecule has 0 saturated carbocycles. The Balaban J connectivity index is 3.46. The Morgan fingerprint density at radius 2 is 1.77 bits per heavy atom. The number of benzene rings is 1. The lowest BCUT2D eigenvalue weighted by atomic mass is 10.1. The van der Waals surface area contributed by atoms with E-state index in [1.807, 2.05) is 0 Å². The first-order valence-electron chi connectivity index (χ1n) is 5.56. The summed E-state index contributed by atoms with van der Waals surface area (Å²) in [4.78, 5) is 42.8. The topological polar surface area (TPSA) is 139 Å². The molecule has 0 atom stereocenters. The number of nitro benzene ring substituents is 2. The molecule has 0 amide bonds. The number of esters is 2. The Kier molecular flexibility index (Phi) is 5.81. The number of ether oxygens (including phenoxy) is 2. The minimum Gasteiger partial charge on any atom is -0.468 e. The zero-order valence-corrected chi connectivity index (χ0v) is 12.2. The highest BCUT2D eigenvalue weighted by Crippen LogP contribution is 2.36. The van der Waals surface area contributed by atoms with Crippen molar-refractivity contribution in [2.45, 2.75) is 4.90 Å². The van der Waals surface area contributed by atoms with E-state index < -0.39 is 33.2 Å². The van der Waals surface area contributed by atoms with Gasteiger partial charge in [0.15, 0.2) is 0 Å². The van der Waals surface area contributed by atoms with Gasteiger partial charge < -0.3 is 9.47 Å². The van der Waals surface area contributed by atoms with E-state index in [-0.39, 0.29) is 16.2 Å². The molecule has 0 unspecified atom stereocenters. The third kappa shape index (κ3) is 3.91. The number of nitrogens with zero attached hydrogens (tertiary/aromatic N) is 2. The molecule has 1 aromatic rings. The fourth-order valence-electron chi connectivity index (χ4n) is 1.44. The van der Waals surface area contributed by atoms with Gasteiger partial charge >= 0.3 is 11.9 Å². The summed E-state index contributed by atoms with van der Waals surface area (Å²) in [5.74, 6) is -1.97. The van der Waals surface area contributed by atoms with Crippen molar-refractivity contribution in [2.24, 2.45) is 0 Å². The predicted octanol–water partition coefficient (Wildman–Crippen LogP) is 1.55. The summed E-state index contributed by atoms with van der Waals surface area (Å²) in [5, 5.41) is 21.9. The largest absolute Gasteiger partial charge is 0.468 e. The molecule has 1 aromatic carbocycles. The van der Waals surface area contributed by atoms with Crippen molar-refractivity contribution in [1.82, 2.24) is 0 Å². The van der Waals surface area contributed by atoms with Gasteiger partial charge in [-0.15, -0.1) is 11.8 Å². The van der Waals surface area contributed by atoms with Gasteiger partial charge in [0.1, 0.15) is 4.90 Å². The molecule has 0 heterocycles. The van der Waals surface area contributed by atoms with E-state index in [0.29, 0.717) is 17.8 Å². The molecule has 0 aromatic heterocycles. The smallest absolute Gasteiger partial charge is 0.339 e. The molecule has 0 radical (unpaired) electrons. The van der Waals surface area contributed by atoms with Crippen molar-refractivity contribution in [3.8, 4) is 0 Å². The van der Waals surface area contributed by atoms with E-state index in [0.717, 1.165) is 20.3 Å². The summed E-state index contributed by atoms with van der Waals surface area (Å²) in [6.07, 6.45) is 0. The van der Waals surface area contributed by atoms with Crippen molar-refractivity contribution < 1.29 is 28.9 Å². The molecule has 0 fully saturated rings. The Bertz CT molecular complexity index is 645. The lowest BCUT2D eigenvalue weighted by Crippen LogP contribution is -2.09. The molecule has 0 bridgehead atoms. The molecule has 11 heteroatoms. The zero-order chi connectivity index (χ0) is 16.9. The molecule has 0 spiro atoms. The van der Waals surface area contributed by atoms with E-state index in [2.05, 4.69) is 9.47 Å². The maximum absolute atomic E-state index is 11.7. The van der Waals surface area contributed by atoms with Crippen LogP contribution in [0.5, 0.6) is 0 Å². The van der Waals surface area contributed by atoms with Crippen molar-refractivity contribution in [3.05, 3.63) is 37.9 Å². The van der Waals surface area contributed by atoms with Crippen LogP contribution < -0.4 is 0 Å². The molecule has 0 N–H and O–H groups in total. The summed E-state index contributed by atoms with van der Waals surface area (Å²) < 4.78 is 8.87. The van der Waals surface area contributed by atoms with Crippen LogP contribution in [0, 0.1) is 20.2 Å². The third-order valence-corrected chi connectivity index (χ3v) is 3.53. The maximum atomic E-state index is 11.7. The normalized spacial score (nSPS) is 9.91. The van der Waals surface area contributed by atoms with Gasteiger partial charge in [-0.2, -0.15) is 0 Å². The highest BCUT2D eigenvalue weighted by atomic mass is 32.2. The van der Waals surface area contributed by atoms with Crippen LogP contribution in [0.15, 0.2) is 17.0 Å². The maximum Gasteiger partial charge on any atom is 0.339 e. The average molecular weight is 330 g/mol. The SMILES string of the molecule is COC(=O)CSc1c(C(=O)OC)cc([N+](=O)[O-])cc1[N+](=O)[O-]. The van der Waals surface area contributed by atoms with Crippen molar-refractivity contribution in [3.63, 3.8) is 0 Å². The fraction of sp³-hybridized carbons (Fsp3) is 0.273. The first-order chi connectivity index (χ1) is 10.3. The van der Waals surface area contributed by atoms with Gasteiger partial charge in [0.05, 0.1) is 41.4 Å². The number of carbonyl (C=O) groups excluding carboxylic acids is 2. The standard InChI is InChI=1S/C11H10N2O8S/c1-20-9(14)5-22-10-7(11(15)21-2)3-6(12(16)17)4-8(10)13(18)19/h3-4H,5H2,1-2H3. The van der Waals surface area contributed by atoms with Gasteiger partial charge in [-0.3, -0.25) is 25.0 Å². The summed E-state index contributed by atoms with van der Waals surface area (Å²) in [7, 11) is 2.16. The summed E-state index contributed by atoms with van der Waals surface area (Å²) in [5.41, 5.74) is -1.66. The molecule has 22 heavy (non-hydrogen) atoms. The summed E-state index contributed by atoms with van der Waals surface area (Å²) in [6.45, 7) is 0. The highest BCUT2D eigenvalue weighted by molar-refractivity contribution is 8.00. The molecule has 0 aliphatic rings. The van der Waals surface area contributed by atoms with Gasteiger partial charge in [-0.05, 0) is 0 Å². The molecular weight excluding hydrogens is 320 g/mol. The summed E-state index contributed by atoms with van der Waals surface area (Å²) >= 11 is 0.659. The summed E-state index contributed by atoms with van der Waals surface area (Å²) in [6, 6.07) is 1.57. The van der Waals surface area contributed by atoms with Crippen LogP contribution in [0.25, 0.3) is 0 Å². The number of rotatable bonds is 6. The molecule has 118 valence electrons. The van der Waals surface area contributed by atoms with Gasteiger partial charge in [0.25, 0.3) is 11.4 Å². The second kappa shape index (κ2) is 7.36. The molecule has 1 rings (SSSR count). The molecule has 10 nitrogen and oxygen atoms in total. The van der Waals surface area contributed by atoms with E-state index in [1.165, 1.54) is 0 Å². The number of thioether (sulfide) groups is 1. The van der Waals surface area contributed by atoms with E-state index in [1.54, 1.807) is 0 Å². The van der Waals surface area contributed by atoms with Gasteiger partial charge in [-0.25, -0.2) is 4.79 Å². The first kappa shape index (κ1) is 17.4. The molecule has 0 aliphatic heterocycles. The Morgan fingerprint density at radius 3 is 2.23 bits per heavy atom. The van der Waals surface area contributed by atoms with Gasteiger partial charge in [-0.1, -0.05) is 0 Å². The van der Waals surface area contributed by atoms with Gasteiger partial charge in [0, 0.05) is 6.07 Å². The number of methoxy groups -OCH3 is 2. The lowest BCUT2D eigenvalue weighted by Gasteiger charge is -2.08. The van der Waals surface area contributed by atoms with Crippen LogP contribution in [0.3, 0.4) is 0 Å². The number of hydrogen-bond acceptors (Lipinski definition) is 9. The van der Waals surface area contributed by atoms with Crippen LogP contribution in [-0.2, 0) is 14.3 Å². The van der Waals surface area contributed by atoms with Crippen LogP contribution in [0.4, 0.5) is 11.4 Å². The minimum atomic E-state index is -0.987. The predicted molar refractivity (Wildman–Crippen MR) is 73.8 cm³/mol. The first-order valence-corrected chi connectivity index (χ1v) is 6.55. The minimum absolute atomic E-state index is 0.201.